The molecule has 2 aromatic carbocycles. The number of rotatable bonds is 12. The standard InChI is InChI=1S/C23H28O3/c24-18-8-3-1-2-4-9-19-26-22-15-13-21(14-16-22)23(25)17-12-20-10-6-5-7-11-20/h5-7,10-17,24H,1-4,8-9,18-19H2/b17-12+. The van der Waals surface area contributed by atoms with Gasteiger partial charge in [-0.15, -0.1) is 0 Å². The van der Waals surface area contributed by atoms with Crippen LogP contribution in [0.2, 0.25) is 0 Å². The Hall–Kier alpha value is -2.39. The van der Waals surface area contributed by atoms with Crippen molar-refractivity contribution in [3.8, 4) is 5.75 Å². The number of carbonyl (C=O) groups excluding carboxylic acids is 1. The number of unbranched alkanes of at least 4 members (excludes halogenated alkanes) is 5. The van der Waals surface area contributed by atoms with E-state index >= 15 is 0 Å². The lowest BCUT2D eigenvalue weighted by Gasteiger charge is -2.06. The topological polar surface area (TPSA) is 46.5 Å². The number of allylic oxidation sites excluding steroid dienone is 1. The molecule has 3 heteroatoms. The van der Waals surface area contributed by atoms with Gasteiger partial charge in [-0.1, -0.05) is 62.1 Å². The highest BCUT2D eigenvalue weighted by Gasteiger charge is 2.02. The van der Waals surface area contributed by atoms with E-state index in [1.165, 1.54) is 12.8 Å². The molecule has 138 valence electrons. The second-order valence-electron chi connectivity index (χ2n) is 6.33. The summed E-state index contributed by atoms with van der Waals surface area (Å²) < 4.78 is 5.73. The van der Waals surface area contributed by atoms with Crippen molar-refractivity contribution >= 4 is 11.9 Å². The number of ether oxygens (including phenoxy) is 1. The second kappa shape index (κ2) is 12.0. The van der Waals surface area contributed by atoms with E-state index in [4.69, 9.17) is 9.84 Å². The number of carbonyl (C=O) groups is 1. The van der Waals surface area contributed by atoms with E-state index in [1.807, 2.05) is 60.7 Å². The molecule has 26 heavy (non-hydrogen) atoms. The molecule has 0 aliphatic carbocycles. The van der Waals surface area contributed by atoms with Crippen LogP contribution in [0.3, 0.4) is 0 Å². The van der Waals surface area contributed by atoms with Crippen LogP contribution in [-0.4, -0.2) is 24.1 Å². The first-order valence-electron chi connectivity index (χ1n) is 9.41. The first-order chi connectivity index (χ1) is 12.8. The van der Waals surface area contributed by atoms with E-state index in [-0.39, 0.29) is 5.78 Å². The van der Waals surface area contributed by atoms with Gasteiger partial charge in [0, 0.05) is 12.2 Å². The van der Waals surface area contributed by atoms with E-state index in [2.05, 4.69) is 0 Å². The van der Waals surface area contributed by atoms with Crippen molar-refractivity contribution in [2.75, 3.05) is 13.2 Å². The SMILES string of the molecule is O=C(/C=C/c1ccccc1)c1ccc(OCCCCCCCCO)cc1. The van der Waals surface area contributed by atoms with Crippen molar-refractivity contribution in [3.63, 3.8) is 0 Å². The van der Waals surface area contributed by atoms with Gasteiger partial charge in [0.05, 0.1) is 6.61 Å². The van der Waals surface area contributed by atoms with E-state index in [9.17, 15) is 4.79 Å². The molecule has 0 aliphatic rings. The van der Waals surface area contributed by atoms with Crippen molar-refractivity contribution in [1.82, 2.24) is 0 Å². The average Bonchev–Trinajstić information content (AvgIpc) is 2.69. The van der Waals surface area contributed by atoms with Crippen LogP contribution in [0, 0.1) is 0 Å². The molecule has 2 aromatic rings. The van der Waals surface area contributed by atoms with Gasteiger partial charge in [0.25, 0.3) is 0 Å². The van der Waals surface area contributed by atoms with E-state index in [1.54, 1.807) is 6.08 Å². The van der Waals surface area contributed by atoms with Crippen LogP contribution >= 0.6 is 0 Å². The zero-order chi connectivity index (χ0) is 18.5. The molecule has 0 fully saturated rings. The van der Waals surface area contributed by atoms with Crippen LogP contribution in [0.1, 0.15) is 54.4 Å². The maximum absolute atomic E-state index is 12.2. The zero-order valence-electron chi connectivity index (χ0n) is 15.3. The Morgan fingerprint density at radius 1 is 0.846 bits per heavy atom. The van der Waals surface area contributed by atoms with Crippen molar-refractivity contribution in [3.05, 3.63) is 71.8 Å². The van der Waals surface area contributed by atoms with Gasteiger partial charge >= 0.3 is 0 Å². The third-order valence-electron chi connectivity index (χ3n) is 4.19. The Bertz CT molecular complexity index is 660. The van der Waals surface area contributed by atoms with Gasteiger partial charge in [-0.25, -0.2) is 0 Å². The zero-order valence-corrected chi connectivity index (χ0v) is 15.3. The number of ketones is 1. The molecule has 0 bridgehead atoms. The van der Waals surface area contributed by atoms with E-state index < -0.39 is 0 Å². The molecule has 0 aromatic heterocycles. The van der Waals surface area contributed by atoms with Crippen LogP contribution in [0.4, 0.5) is 0 Å². The van der Waals surface area contributed by atoms with Crippen molar-refractivity contribution in [2.24, 2.45) is 0 Å². The Balaban J connectivity index is 1.69. The van der Waals surface area contributed by atoms with Gasteiger partial charge in [-0.2, -0.15) is 0 Å². The lowest BCUT2D eigenvalue weighted by molar-refractivity contribution is 0.104. The summed E-state index contributed by atoms with van der Waals surface area (Å²) in [5, 5.41) is 8.72. The van der Waals surface area contributed by atoms with Crippen LogP contribution in [0.5, 0.6) is 5.75 Å². The Labute approximate surface area is 156 Å². The molecule has 0 saturated heterocycles. The summed E-state index contributed by atoms with van der Waals surface area (Å²) in [6.07, 6.45) is 9.97. The molecule has 0 aliphatic heterocycles. The average molecular weight is 352 g/mol. The molecule has 0 saturated carbocycles. The molecular formula is C23H28O3. The van der Waals surface area contributed by atoms with Crippen LogP contribution < -0.4 is 4.74 Å². The van der Waals surface area contributed by atoms with E-state index in [0.717, 1.165) is 37.0 Å². The maximum Gasteiger partial charge on any atom is 0.185 e. The smallest absolute Gasteiger partial charge is 0.185 e. The first-order valence-corrected chi connectivity index (χ1v) is 9.41. The quantitative estimate of drug-likeness (QED) is 0.320. The monoisotopic (exact) mass is 352 g/mol. The largest absolute Gasteiger partial charge is 0.494 e. The van der Waals surface area contributed by atoms with E-state index in [0.29, 0.717) is 18.8 Å². The minimum Gasteiger partial charge on any atom is -0.494 e. The van der Waals surface area contributed by atoms with Gasteiger partial charge in [0.2, 0.25) is 0 Å². The van der Waals surface area contributed by atoms with Crippen molar-refractivity contribution < 1.29 is 14.6 Å². The summed E-state index contributed by atoms with van der Waals surface area (Å²) in [5.41, 5.74) is 1.67. The minimum absolute atomic E-state index is 0.0108. The Morgan fingerprint density at radius 3 is 2.19 bits per heavy atom. The molecule has 0 radical (unpaired) electrons. The molecule has 1 N–H and O–H groups in total. The third-order valence-corrected chi connectivity index (χ3v) is 4.19. The number of hydrogen-bond acceptors (Lipinski definition) is 3. The second-order valence-corrected chi connectivity index (χ2v) is 6.33. The summed E-state index contributed by atoms with van der Waals surface area (Å²) in [7, 11) is 0. The number of aliphatic hydroxyl groups excluding tert-OH is 1. The fourth-order valence-corrected chi connectivity index (χ4v) is 2.66. The van der Waals surface area contributed by atoms with Gasteiger partial charge in [-0.05, 0) is 48.7 Å². The normalized spacial score (nSPS) is 11.0. The maximum atomic E-state index is 12.2. The molecule has 0 unspecified atom stereocenters. The number of hydrogen-bond donors (Lipinski definition) is 1. The van der Waals surface area contributed by atoms with Gasteiger partial charge in [0.1, 0.15) is 5.75 Å². The number of aliphatic hydroxyl groups is 1. The highest BCUT2D eigenvalue weighted by Crippen LogP contribution is 2.14. The lowest BCUT2D eigenvalue weighted by atomic mass is 10.1. The molecule has 2 rings (SSSR count). The summed E-state index contributed by atoms with van der Waals surface area (Å²) in [6.45, 7) is 0.991. The summed E-state index contributed by atoms with van der Waals surface area (Å²) in [5.74, 6) is 0.789. The lowest BCUT2D eigenvalue weighted by Crippen LogP contribution is -1.99. The molecule has 0 spiro atoms. The van der Waals surface area contributed by atoms with Crippen LogP contribution in [0.15, 0.2) is 60.7 Å². The third kappa shape index (κ3) is 7.66. The van der Waals surface area contributed by atoms with Gasteiger partial charge in [-0.3, -0.25) is 4.79 Å². The first kappa shape index (κ1) is 19.9. The fraction of sp³-hybridized carbons (Fsp3) is 0.348. The fourth-order valence-electron chi connectivity index (χ4n) is 2.66. The van der Waals surface area contributed by atoms with Crippen molar-refractivity contribution in [1.29, 1.82) is 0 Å². The molecule has 3 nitrogen and oxygen atoms in total. The highest BCUT2D eigenvalue weighted by atomic mass is 16.5. The van der Waals surface area contributed by atoms with Crippen LogP contribution in [-0.2, 0) is 0 Å². The summed E-state index contributed by atoms with van der Waals surface area (Å²) >= 11 is 0. The molecule has 0 amide bonds. The predicted octanol–water partition coefficient (Wildman–Crippen LogP) is 5.29. The predicted molar refractivity (Wildman–Crippen MR) is 107 cm³/mol. The minimum atomic E-state index is -0.0108. The van der Waals surface area contributed by atoms with Gasteiger partial charge < -0.3 is 9.84 Å². The summed E-state index contributed by atoms with van der Waals surface area (Å²) in [6, 6.07) is 17.1. The van der Waals surface area contributed by atoms with Crippen molar-refractivity contribution in [2.45, 2.75) is 38.5 Å². The molecular weight excluding hydrogens is 324 g/mol. The van der Waals surface area contributed by atoms with Gasteiger partial charge in [0.15, 0.2) is 5.78 Å². The molecule has 0 heterocycles. The van der Waals surface area contributed by atoms with Crippen LogP contribution in [0.25, 0.3) is 6.08 Å². The molecule has 0 atom stereocenters. The summed E-state index contributed by atoms with van der Waals surface area (Å²) in [4.78, 5) is 12.2. The Kier molecular flexibility index (Phi) is 9.23. The highest BCUT2D eigenvalue weighted by molar-refractivity contribution is 6.06. The Morgan fingerprint density at radius 2 is 1.50 bits per heavy atom. The number of benzene rings is 2.